The molecule has 0 saturated carbocycles. The zero-order valence-corrected chi connectivity index (χ0v) is 11.5. The van der Waals surface area contributed by atoms with Crippen LogP contribution < -0.4 is 10.1 Å². The maximum absolute atomic E-state index is 5.39. The minimum atomic E-state index is 0.529. The van der Waals surface area contributed by atoms with Crippen molar-refractivity contribution < 1.29 is 4.74 Å². The first kappa shape index (κ1) is 14.0. The van der Waals surface area contributed by atoms with Gasteiger partial charge in [0.2, 0.25) is 0 Å². The van der Waals surface area contributed by atoms with Crippen LogP contribution in [-0.4, -0.2) is 20.2 Å². The highest BCUT2D eigenvalue weighted by Crippen LogP contribution is 2.21. The summed E-state index contributed by atoms with van der Waals surface area (Å²) in [5.74, 6) is 1.76. The van der Waals surface area contributed by atoms with Crippen molar-refractivity contribution in [2.75, 3.05) is 14.2 Å². The average molecular weight is 235 g/mol. The normalized spacial score (nSPS) is 14.4. The number of benzene rings is 1. The van der Waals surface area contributed by atoms with Gasteiger partial charge in [-0.2, -0.15) is 0 Å². The number of ether oxygens (including phenoxy) is 1. The van der Waals surface area contributed by atoms with E-state index in [1.54, 1.807) is 7.11 Å². The zero-order chi connectivity index (χ0) is 12.7. The van der Waals surface area contributed by atoms with Crippen molar-refractivity contribution in [3.8, 4) is 5.75 Å². The SMILES string of the molecule is CCC(C)CC(Cc1ccccc1OC)NC. The van der Waals surface area contributed by atoms with Gasteiger partial charge in [0.25, 0.3) is 0 Å². The molecule has 1 N–H and O–H groups in total. The summed E-state index contributed by atoms with van der Waals surface area (Å²) in [6.45, 7) is 4.56. The highest BCUT2D eigenvalue weighted by molar-refractivity contribution is 5.33. The van der Waals surface area contributed by atoms with Gasteiger partial charge >= 0.3 is 0 Å². The lowest BCUT2D eigenvalue weighted by Gasteiger charge is -2.20. The lowest BCUT2D eigenvalue weighted by Crippen LogP contribution is -2.29. The van der Waals surface area contributed by atoms with E-state index in [4.69, 9.17) is 4.74 Å². The van der Waals surface area contributed by atoms with Gasteiger partial charge in [0, 0.05) is 6.04 Å². The molecule has 2 atom stereocenters. The van der Waals surface area contributed by atoms with Gasteiger partial charge in [0.05, 0.1) is 7.11 Å². The van der Waals surface area contributed by atoms with Crippen LogP contribution in [0.3, 0.4) is 0 Å². The van der Waals surface area contributed by atoms with Gasteiger partial charge in [-0.1, -0.05) is 38.5 Å². The van der Waals surface area contributed by atoms with Crippen LogP contribution in [0, 0.1) is 5.92 Å². The van der Waals surface area contributed by atoms with Crippen molar-refractivity contribution in [3.63, 3.8) is 0 Å². The van der Waals surface area contributed by atoms with Crippen molar-refractivity contribution in [3.05, 3.63) is 29.8 Å². The summed E-state index contributed by atoms with van der Waals surface area (Å²) in [5.41, 5.74) is 1.29. The van der Waals surface area contributed by atoms with Gasteiger partial charge in [-0.15, -0.1) is 0 Å². The maximum atomic E-state index is 5.39. The summed E-state index contributed by atoms with van der Waals surface area (Å²) in [6.07, 6.45) is 3.49. The van der Waals surface area contributed by atoms with Gasteiger partial charge in [-0.05, 0) is 37.4 Å². The molecule has 1 aromatic carbocycles. The van der Waals surface area contributed by atoms with Crippen molar-refractivity contribution >= 4 is 0 Å². The first-order chi connectivity index (χ1) is 8.21. The predicted molar refractivity (Wildman–Crippen MR) is 73.6 cm³/mol. The second-order valence-corrected chi connectivity index (χ2v) is 4.75. The van der Waals surface area contributed by atoms with Crippen LogP contribution in [0.2, 0.25) is 0 Å². The summed E-state index contributed by atoms with van der Waals surface area (Å²) < 4.78 is 5.39. The molecule has 0 aliphatic heterocycles. The Hall–Kier alpha value is -1.02. The fraction of sp³-hybridized carbons (Fsp3) is 0.600. The Kier molecular flexibility index (Phi) is 6.06. The third-order valence-electron chi connectivity index (χ3n) is 3.45. The molecule has 1 aromatic rings. The molecule has 0 fully saturated rings. The molecule has 96 valence electrons. The van der Waals surface area contributed by atoms with Crippen LogP contribution in [0.25, 0.3) is 0 Å². The molecule has 2 nitrogen and oxygen atoms in total. The van der Waals surface area contributed by atoms with E-state index < -0.39 is 0 Å². The molecule has 0 heterocycles. The van der Waals surface area contributed by atoms with Crippen LogP contribution >= 0.6 is 0 Å². The second-order valence-electron chi connectivity index (χ2n) is 4.75. The minimum absolute atomic E-state index is 0.529. The fourth-order valence-electron chi connectivity index (χ4n) is 2.09. The predicted octanol–water partition coefficient (Wildman–Crippen LogP) is 3.26. The van der Waals surface area contributed by atoms with Crippen molar-refractivity contribution in [1.29, 1.82) is 0 Å². The van der Waals surface area contributed by atoms with Gasteiger partial charge in [-0.3, -0.25) is 0 Å². The van der Waals surface area contributed by atoms with Crippen molar-refractivity contribution in [2.45, 2.75) is 39.2 Å². The number of para-hydroxylation sites is 1. The zero-order valence-electron chi connectivity index (χ0n) is 11.5. The van der Waals surface area contributed by atoms with Crippen molar-refractivity contribution in [2.24, 2.45) is 5.92 Å². The highest BCUT2D eigenvalue weighted by atomic mass is 16.5. The topological polar surface area (TPSA) is 21.3 Å². The van der Waals surface area contributed by atoms with Crippen LogP contribution in [0.4, 0.5) is 0 Å². The molecule has 0 aromatic heterocycles. The summed E-state index contributed by atoms with van der Waals surface area (Å²) in [6, 6.07) is 8.81. The molecule has 0 aliphatic carbocycles. The van der Waals surface area contributed by atoms with Crippen LogP contribution in [0.5, 0.6) is 5.75 Å². The molecule has 0 spiro atoms. The Morgan fingerprint density at radius 3 is 2.59 bits per heavy atom. The molecule has 0 saturated heterocycles. The fourth-order valence-corrected chi connectivity index (χ4v) is 2.09. The van der Waals surface area contributed by atoms with Gasteiger partial charge in [0.15, 0.2) is 0 Å². The number of methoxy groups -OCH3 is 1. The first-order valence-electron chi connectivity index (χ1n) is 6.50. The lowest BCUT2D eigenvalue weighted by atomic mass is 9.94. The molecule has 2 heteroatoms. The van der Waals surface area contributed by atoms with E-state index in [0.717, 1.165) is 18.1 Å². The Morgan fingerprint density at radius 1 is 1.29 bits per heavy atom. The van der Waals surface area contributed by atoms with Gasteiger partial charge < -0.3 is 10.1 Å². The molecular formula is C15H25NO. The van der Waals surface area contributed by atoms with Crippen LogP contribution in [0.1, 0.15) is 32.3 Å². The first-order valence-corrected chi connectivity index (χ1v) is 6.50. The van der Waals surface area contributed by atoms with E-state index in [0.29, 0.717) is 6.04 Å². The summed E-state index contributed by atoms with van der Waals surface area (Å²) >= 11 is 0. The number of rotatable bonds is 7. The van der Waals surface area contributed by atoms with E-state index in [9.17, 15) is 0 Å². The molecule has 0 amide bonds. The Morgan fingerprint density at radius 2 is 2.00 bits per heavy atom. The highest BCUT2D eigenvalue weighted by Gasteiger charge is 2.13. The standard InChI is InChI=1S/C15H25NO/c1-5-12(2)10-14(16-3)11-13-8-6-7-9-15(13)17-4/h6-9,12,14,16H,5,10-11H2,1-4H3. The monoisotopic (exact) mass is 235 g/mol. The number of hydrogen-bond acceptors (Lipinski definition) is 2. The van der Waals surface area contributed by atoms with Crippen LogP contribution in [-0.2, 0) is 6.42 Å². The van der Waals surface area contributed by atoms with E-state index in [1.807, 2.05) is 19.2 Å². The summed E-state index contributed by atoms with van der Waals surface area (Å²) in [7, 11) is 3.78. The Bertz CT molecular complexity index is 324. The second kappa shape index (κ2) is 7.33. The quantitative estimate of drug-likeness (QED) is 0.783. The molecule has 0 bridgehead atoms. The van der Waals surface area contributed by atoms with Crippen LogP contribution in [0.15, 0.2) is 24.3 Å². The number of nitrogens with one attached hydrogen (secondary N) is 1. The Balaban J connectivity index is 2.66. The number of likely N-dealkylation sites (N-methyl/N-ethyl adjacent to an activating group) is 1. The molecular weight excluding hydrogens is 210 g/mol. The number of hydrogen-bond donors (Lipinski definition) is 1. The average Bonchev–Trinajstić information content (AvgIpc) is 2.38. The largest absolute Gasteiger partial charge is 0.496 e. The minimum Gasteiger partial charge on any atom is -0.496 e. The lowest BCUT2D eigenvalue weighted by molar-refractivity contribution is 0.389. The van der Waals surface area contributed by atoms with Gasteiger partial charge in [-0.25, -0.2) is 0 Å². The van der Waals surface area contributed by atoms with E-state index in [2.05, 4.69) is 31.3 Å². The van der Waals surface area contributed by atoms with Gasteiger partial charge in [0.1, 0.15) is 5.75 Å². The van der Waals surface area contributed by atoms with E-state index in [-0.39, 0.29) is 0 Å². The Labute approximate surface area is 105 Å². The third kappa shape index (κ3) is 4.39. The molecule has 2 unspecified atom stereocenters. The third-order valence-corrected chi connectivity index (χ3v) is 3.45. The maximum Gasteiger partial charge on any atom is 0.122 e. The van der Waals surface area contributed by atoms with Crippen molar-refractivity contribution in [1.82, 2.24) is 5.32 Å². The summed E-state index contributed by atoms with van der Waals surface area (Å²) in [4.78, 5) is 0. The van der Waals surface area contributed by atoms with E-state index >= 15 is 0 Å². The molecule has 0 aliphatic rings. The molecule has 0 radical (unpaired) electrons. The summed E-state index contributed by atoms with van der Waals surface area (Å²) in [5, 5.41) is 3.41. The smallest absolute Gasteiger partial charge is 0.122 e. The molecule has 17 heavy (non-hydrogen) atoms. The van der Waals surface area contributed by atoms with E-state index in [1.165, 1.54) is 18.4 Å². The molecule has 1 rings (SSSR count).